The van der Waals surface area contributed by atoms with Gasteiger partial charge in [-0.05, 0) is 18.6 Å². The third kappa shape index (κ3) is 2.61. The fraction of sp³-hybridized carbons (Fsp3) is 0.333. The van der Waals surface area contributed by atoms with Gasteiger partial charge in [0.25, 0.3) is 0 Å². The Morgan fingerprint density at radius 1 is 1.50 bits per heavy atom. The van der Waals surface area contributed by atoms with Crippen molar-refractivity contribution in [1.82, 2.24) is 9.55 Å². The highest BCUT2D eigenvalue weighted by Gasteiger charge is 2.10. The van der Waals surface area contributed by atoms with Gasteiger partial charge in [0.05, 0.1) is 16.9 Å². The lowest BCUT2D eigenvalue weighted by molar-refractivity contribution is -0.118. The molecule has 0 spiro atoms. The van der Waals surface area contributed by atoms with Crippen LogP contribution in [0.5, 0.6) is 0 Å². The first kappa shape index (κ1) is 12.8. The minimum Gasteiger partial charge on any atom is -0.370 e. The van der Waals surface area contributed by atoms with Gasteiger partial charge < -0.3 is 10.3 Å². The predicted molar refractivity (Wildman–Crippen MR) is 67.7 cm³/mol. The van der Waals surface area contributed by atoms with E-state index in [-0.39, 0.29) is 17.6 Å². The molecule has 0 aliphatic rings. The number of nitrogens with two attached hydrogens (primary N) is 1. The minimum absolute atomic E-state index is 0.243. The number of carbonyl (C=O) groups is 1. The van der Waals surface area contributed by atoms with Crippen LogP contribution in [0.25, 0.3) is 11.0 Å². The molecule has 0 fully saturated rings. The van der Waals surface area contributed by atoms with Gasteiger partial charge in [-0.15, -0.1) is 11.6 Å². The second kappa shape index (κ2) is 5.35. The average Bonchev–Trinajstić information content (AvgIpc) is 2.66. The average molecular weight is 270 g/mol. The van der Waals surface area contributed by atoms with Crippen LogP contribution in [0.4, 0.5) is 4.39 Å². The van der Waals surface area contributed by atoms with Gasteiger partial charge in [-0.2, -0.15) is 0 Å². The van der Waals surface area contributed by atoms with Crippen molar-refractivity contribution in [1.29, 1.82) is 0 Å². The maximum absolute atomic E-state index is 13.1. The lowest BCUT2D eigenvalue weighted by atomic mass is 10.2. The Hall–Kier alpha value is -1.62. The molecule has 1 amide bonds. The van der Waals surface area contributed by atoms with E-state index in [9.17, 15) is 9.18 Å². The van der Waals surface area contributed by atoms with Crippen LogP contribution in [0.3, 0.4) is 0 Å². The Kier molecular flexibility index (Phi) is 3.81. The molecular weight excluding hydrogens is 257 g/mol. The number of imidazole rings is 1. The summed E-state index contributed by atoms with van der Waals surface area (Å²) in [6.45, 7) is 0.590. The molecule has 96 valence electrons. The molecule has 2 rings (SSSR count). The highest BCUT2D eigenvalue weighted by molar-refractivity contribution is 6.16. The van der Waals surface area contributed by atoms with Crippen LogP contribution in [0.1, 0.15) is 18.7 Å². The number of aryl methyl sites for hydroxylation is 1. The Labute approximate surface area is 109 Å². The van der Waals surface area contributed by atoms with Crippen LogP contribution in [0.15, 0.2) is 18.2 Å². The molecule has 4 nitrogen and oxygen atoms in total. The number of fused-ring (bicyclic) bond motifs is 1. The number of carbonyl (C=O) groups excluding carboxylic acids is 1. The Balaban J connectivity index is 2.31. The Morgan fingerprint density at radius 2 is 2.28 bits per heavy atom. The summed E-state index contributed by atoms with van der Waals surface area (Å²) in [5.74, 6) is 0.248. The van der Waals surface area contributed by atoms with E-state index in [0.29, 0.717) is 30.7 Å². The molecule has 0 saturated heterocycles. The van der Waals surface area contributed by atoms with Gasteiger partial charge >= 0.3 is 0 Å². The van der Waals surface area contributed by atoms with Gasteiger partial charge in [-0.25, -0.2) is 9.37 Å². The van der Waals surface area contributed by atoms with Crippen LogP contribution in [-0.4, -0.2) is 15.5 Å². The summed E-state index contributed by atoms with van der Waals surface area (Å²) in [5, 5.41) is 0. The zero-order valence-electron chi connectivity index (χ0n) is 9.70. The van der Waals surface area contributed by atoms with Crippen molar-refractivity contribution < 1.29 is 9.18 Å². The number of nitrogens with zero attached hydrogens (tertiary/aromatic N) is 2. The largest absolute Gasteiger partial charge is 0.370 e. The van der Waals surface area contributed by atoms with E-state index >= 15 is 0 Å². The number of hydrogen-bond acceptors (Lipinski definition) is 2. The molecule has 0 unspecified atom stereocenters. The normalized spacial score (nSPS) is 11.0. The van der Waals surface area contributed by atoms with Crippen molar-refractivity contribution in [2.75, 3.05) is 0 Å². The highest BCUT2D eigenvalue weighted by Crippen LogP contribution is 2.19. The molecule has 2 aromatic rings. The molecule has 0 atom stereocenters. The van der Waals surface area contributed by atoms with Crippen molar-refractivity contribution in [2.45, 2.75) is 25.3 Å². The van der Waals surface area contributed by atoms with Gasteiger partial charge in [0.2, 0.25) is 5.91 Å². The van der Waals surface area contributed by atoms with E-state index in [0.717, 1.165) is 5.52 Å². The lowest BCUT2D eigenvalue weighted by Gasteiger charge is -2.06. The first-order valence-corrected chi connectivity index (χ1v) is 6.14. The van der Waals surface area contributed by atoms with E-state index in [1.807, 2.05) is 4.57 Å². The summed E-state index contributed by atoms with van der Waals surface area (Å²) in [7, 11) is 0. The summed E-state index contributed by atoms with van der Waals surface area (Å²) in [4.78, 5) is 15.0. The molecule has 1 aromatic heterocycles. The summed E-state index contributed by atoms with van der Waals surface area (Å²) in [6, 6.07) is 4.42. The molecule has 0 bridgehead atoms. The van der Waals surface area contributed by atoms with Gasteiger partial charge in [0.1, 0.15) is 11.6 Å². The number of halogens is 2. The van der Waals surface area contributed by atoms with Gasteiger partial charge in [0.15, 0.2) is 0 Å². The molecule has 18 heavy (non-hydrogen) atoms. The van der Waals surface area contributed by atoms with Crippen LogP contribution >= 0.6 is 11.6 Å². The number of benzene rings is 1. The fourth-order valence-corrected chi connectivity index (χ4v) is 2.12. The van der Waals surface area contributed by atoms with Crippen molar-refractivity contribution >= 4 is 28.5 Å². The van der Waals surface area contributed by atoms with Crippen LogP contribution in [0.2, 0.25) is 0 Å². The maximum Gasteiger partial charge on any atom is 0.217 e. The zero-order valence-corrected chi connectivity index (χ0v) is 10.5. The van der Waals surface area contributed by atoms with Crippen LogP contribution in [0, 0.1) is 5.82 Å². The maximum atomic E-state index is 13.1. The van der Waals surface area contributed by atoms with Crippen molar-refractivity contribution in [2.24, 2.45) is 5.73 Å². The van der Waals surface area contributed by atoms with Crippen LogP contribution < -0.4 is 5.73 Å². The van der Waals surface area contributed by atoms with Gasteiger partial charge in [0, 0.05) is 19.0 Å². The molecule has 0 radical (unpaired) electrons. The second-order valence-corrected chi connectivity index (χ2v) is 4.28. The van der Waals surface area contributed by atoms with E-state index in [1.165, 1.54) is 12.1 Å². The molecule has 2 N–H and O–H groups in total. The number of amides is 1. The Morgan fingerprint density at radius 3 is 2.94 bits per heavy atom. The van der Waals surface area contributed by atoms with E-state index in [4.69, 9.17) is 17.3 Å². The van der Waals surface area contributed by atoms with Crippen LogP contribution in [-0.2, 0) is 17.2 Å². The minimum atomic E-state index is -0.335. The molecular formula is C12H13ClFN3O. The summed E-state index contributed by atoms with van der Waals surface area (Å²) < 4.78 is 15.0. The summed E-state index contributed by atoms with van der Waals surface area (Å²) >= 11 is 5.82. The monoisotopic (exact) mass is 269 g/mol. The number of aromatic nitrogens is 2. The number of alkyl halides is 1. The zero-order chi connectivity index (χ0) is 13.1. The topological polar surface area (TPSA) is 60.9 Å². The van der Waals surface area contributed by atoms with Crippen molar-refractivity contribution in [3.8, 4) is 0 Å². The highest BCUT2D eigenvalue weighted by atomic mass is 35.5. The quantitative estimate of drug-likeness (QED) is 0.846. The van der Waals surface area contributed by atoms with Crippen molar-refractivity contribution in [3.63, 3.8) is 0 Å². The smallest absolute Gasteiger partial charge is 0.217 e. The fourth-order valence-electron chi connectivity index (χ4n) is 1.92. The standard InChI is InChI=1S/C12H13ClFN3O/c13-7-12-16-9-6-8(14)3-4-10(9)17(12)5-1-2-11(15)18/h3-4,6H,1-2,5,7H2,(H2,15,18). The van der Waals surface area contributed by atoms with E-state index in [1.54, 1.807) is 6.07 Å². The number of rotatable bonds is 5. The Bertz CT molecular complexity index is 582. The number of primary amides is 1. The molecule has 0 saturated carbocycles. The molecule has 0 aliphatic heterocycles. The third-order valence-corrected chi connectivity index (χ3v) is 2.95. The molecule has 1 aromatic carbocycles. The van der Waals surface area contributed by atoms with E-state index in [2.05, 4.69) is 4.98 Å². The van der Waals surface area contributed by atoms with Gasteiger partial charge in [-0.1, -0.05) is 0 Å². The second-order valence-electron chi connectivity index (χ2n) is 4.02. The van der Waals surface area contributed by atoms with E-state index < -0.39 is 0 Å². The first-order valence-electron chi connectivity index (χ1n) is 5.60. The summed E-state index contributed by atoms with van der Waals surface area (Å²) in [6.07, 6.45) is 0.921. The molecule has 6 heteroatoms. The van der Waals surface area contributed by atoms with Crippen molar-refractivity contribution in [3.05, 3.63) is 29.8 Å². The summed E-state index contributed by atoms with van der Waals surface area (Å²) in [5.41, 5.74) is 6.49. The lowest BCUT2D eigenvalue weighted by Crippen LogP contribution is -2.12. The molecule has 1 heterocycles. The SMILES string of the molecule is NC(=O)CCCn1c(CCl)nc2cc(F)ccc21. The molecule has 0 aliphatic carbocycles. The first-order chi connectivity index (χ1) is 8.61. The predicted octanol–water partition coefficient (Wildman–Crippen LogP) is 2.18. The van der Waals surface area contributed by atoms with Gasteiger partial charge in [-0.3, -0.25) is 4.79 Å². The number of hydrogen-bond donors (Lipinski definition) is 1. The third-order valence-electron chi connectivity index (χ3n) is 2.71.